The number of fused-ring (bicyclic) bond motifs is 1. The van der Waals surface area contributed by atoms with Crippen LogP contribution in [-0.4, -0.2) is 43.8 Å². The number of ether oxygens (including phenoxy) is 2. The van der Waals surface area contributed by atoms with Gasteiger partial charge in [-0.2, -0.15) is 0 Å². The van der Waals surface area contributed by atoms with Crippen LogP contribution in [0.25, 0.3) is 0 Å². The highest BCUT2D eigenvalue weighted by molar-refractivity contribution is 5.43. The zero-order chi connectivity index (χ0) is 17.6. The number of nitrogens with zero attached hydrogens (tertiary/aromatic N) is 1. The number of hydrogen-bond donors (Lipinski definition) is 1. The van der Waals surface area contributed by atoms with E-state index in [1.807, 2.05) is 6.07 Å². The van der Waals surface area contributed by atoms with E-state index in [4.69, 9.17) is 9.47 Å². The molecule has 2 aromatic rings. The smallest absolute Gasteiger partial charge is 0.161 e. The lowest BCUT2D eigenvalue weighted by atomic mass is 10.1. The van der Waals surface area contributed by atoms with E-state index < -0.39 is 0 Å². The average Bonchev–Trinajstić information content (AvgIpc) is 3.01. The number of nitrogens with one attached hydrogen (secondary N) is 1. The van der Waals surface area contributed by atoms with E-state index in [0.29, 0.717) is 6.04 Å². The SMILES string of the molecule is c1ccc(CCN2CCC(NCc3ccc4c(c3)OCCCO4)C2)cc1. The van der Waals surface area contributed by atoms with E-state index in [0.717, 1.165) is 57.2 Å². The molecule has 4 nitrogen and oxygen atoms in total. The first-order chi connectivity index (χ1) is 12.9. The summed E-state index contributed by atoms with van der Waals surface area (Å²) >= 11 is 0. The normalized spacial score (nSPS) is 20.1. The molecule has 0 radical (unpaired) electrons. The maximum Gasteiger partial charge on any atom is 0.161 e. The van der Waals surface area contributed by atoms with Crippen molar-refractivity contribution in [2.45, 2.75) is 31.8 Å². The second kappa shape index (κ2) is 8.56. The van der Waals surface area contributed by atoms with Crippen molar-refractivity contribution in [3.8, 4) is 11.5 Å². The molecule has 0 saturated carbocycles. The number of benzene rings is 2. The fourth-order valence-electron chi connectivity index (χ4n) is 3.71. The molecule has 4 rings (SSSR count). The summed E-state index contributed by atoms with van der Waals surface area (Å²) in [6.07, 6.45) is 3.30. The largest absolute Gasteiger partial charge is 0.490 e. The molecule has 1 atom stereocenters. The van der Waals surface area contributed by atoms with Crippen LogP contribution in [0, 0.1) is 0 Å². The third-order valence-electron chi connectivity index (χ3n) is 5.24. The molecule has 1 fully saturated rings. The Morgan fingerprint density at radius 1 is 0.962 bits per heavy atom. The summed E-state index contributed by atoms with van der Waals surface area (Å²) in [5.41, 5.74) is 2.69. The van der Waals surface area contributed by atoms with Crippen molar-refractivity contribution in [2.75, 3.05) is 32.8 Å². The van der Waals surface area contributed by atoms with E-state index in [9.17, 15) is 0 Å². The van der Waals surface area contributed by atoms with E-state index >= 15 is 0 Å². The van der Waals surface area contributed by atoms with E-state index in [1.165, 1.54) is 24.1 Å². The Labute approximate surface area is 156 Å². The molecule has 2 heterocycles. The van der Waals surface area contributed by atoms with Gasteiger partial charge in [0.2, 0.25) is 0 Å². The van der Waals surface area contributed by atoms with Crippen LogP contribution in [0.3, 0.4) is 0 Å². The summed E-state index contributed by atoms with van der Waals surface area (Å²) in [4.78, 5) is 2.57. The fourth-order valence-corrected chi connectivity index (χ4v) is 3.71. The van der Waals surface area contributed by atoms with Gasteiger partial charge in [-0.3, -0.25) is 0 Å². The minimum Gasteiger partial charge on any atom is -0.490 e. The van der Waals surface area contributed by atoms with Gasteiger partial charge in [-0.05, 0) is 42.6 Å². The van der Waals surface area contributed by atoms with Gasteiger partial charge in [-0.25, -0.2) is 0 Å². The molecule has 0 spiro atoms. The molecule has 1 N–H and O–H groups in total. The van der Waals surface area contributed by atoms with Gasteiger partial charge in [0.05, 0.1) is 13.2 Å². The third kappa shape index (κ3) is 4.57. The molecule has 2 aromatic carbocycles. The lowest BCUT2D eigenvalue weighted by molar-refractivity contribution is 0.297. The van der Waals surface area contributed by atoms with Crippen LogP contribution in [0.1, 0.15) is 24.0 Å². The molecular weight excluding hydrogens is 324 g/mol. The Bertz CT molecular complexity index is 705. The Hall–Kier alpha value is -2.04. The molecule has 4 heteroatoms. The van der Waals surface area contributed by atoms with Crippen LogP contribution < -0.4 is 14.8 Å². The molecule has 0 aromatic heterocycles. The maximum atomic E-state index is 5.79. The highest BCUT2D eigenvalue weighted by atomic mass is 16.5. The van der Waals surface area contributed by atoms with Crippen LogP contribution in [-0.2, 0) is 13.0 Å². The quantitative estimate of drug-likeness (QED) is 0.865. The number of hydrogen-bond acceptors (Lipinski definition) is 4. The van der Waals surface area contributed by atoms with Gasteiger partial charge in [0, 0.05) is 32.1 Å². The lowest BCUT2D eigenvalue weighted by Gasteiger charge is -2.17. The molecule has 26 heavy (non-hydrogen) atoms. The van der Waals surface area contributed by atoms with Crippen molar-refractivity contribution in [1.82, 2.24) is 10.2 Å². The van der Waals surface area contributed by atoms with Crippen molar-refractivity contribution < 1.29 is 9.47 Å². The zero-order valence-electron chi connectivity index (χ0n) is 15.3. The van der Waals surface area contributed by atoms with Crippen LogP contribution in [0.4, 0.5) is 0 Å². The Kier molecular flexibility index (Phi) is 5.72. The van der Waals surface area contributed by atoms with Crippen molar-refractivity contribution in [2.24, 2.45) is 0 Å². The summed E-state index contributed by atoms with van der Waals surface area (Å²) in [6.45, 7) is 5.83. The van der Waals surface area contributed by atoms with E-state index in [1.54, 1.807) is 0 Å². The molecule has 0 aliphatic carbocycles. The molecule has 0 bridgehead atoms. The second-order valence-electron chi connectivity index (χ2n) is 7.23. The standard InChI is InChI=1S/C22H28N2O2/c1-2-5-18(6-3-1)9-11-24-12-10-20(17-24)23-16-19-7-8-21-22(15-19)26-14-4-13-25-21/h1-3,5-8,15,20,23H,4,9-14,16-17H2. The predicted molar refractivity (Wildman–Crippen MR) is 104 cm³/mol. The summed E-state index contributed by atoms with van der Waals surface area (Å²) in [7, 11) is 0. The topological polar surface area (TPSA) is 33.7 Å². The lowest BCUT2D eigenvalue weighted by Crippen LogP contribution is -2.32. The molecular formula is C22H28N2O2. The van der Waals surface area contributed by atoms with Crippen molar-refractivity contribution in [3.63, 3.8) is 0 Å². The second-order valence-corrected chi connectivity index (χ2v) is 7.23. The van der Waals surface area contributed by atoms with E-state index in [-0.39, 0.29) is 0 Å². The maximum absolute atomic E-state index is 5.79. The van der Waals surface area contributed by atoms with Gasteiger partial charge in [0.1, 0.15) is 0 Å². The highest BCUT2D eigenvalue weighted by Gasteiger charge is 2.21. The monoisotopic (exact) mass is 352 g/mol. The Morgan fingerprint density at radius 2 is 1.81 bits per heavy atom. The number of likely N-dealkylation sites (tertiary alicyclic amines) is 1. The molecule has 1 saturated heterocycles. The van der Waals surface area contributed by atoms with Gasteiger partial charge in [-0.15, -0.1) is 0 Å². The first-order valence-electron chi connectivity index (χ1n) is 9.75. The molecule has 1 unspecified atom stereocenters. The van der Waals surface area contributed by atoms with Crippen molar-refractivity contribution >= 4 is 0 Å². The summed E-state index contributed by atoms with van der Waals surface area (Å²) in [5, 5.41) is 3.71. The van der Waals surface area contributed by atoms with Crippen LogP contribution in [0.2, 0.25) is 0 Å². The summed E-state index contributed by atoms with van der Waals surface area (Å²) in [6, 6.07) is 17.6. The van der Waals surface area contributed by atoms with Crippen LogP contribution >= 0.6 is 0 Å². The van der Waals surface area contributed by atoms with Gasteiger partial charge < -0.3 is 19.7 Å². The Morgan fingerprint density at radius 3 is 2.69 bits per heavy atom. The molecule has 2 aliphatic rings. The van der Waals surface area contributed by atoms with Gasteiger partial charge in [0.25, 0.3) is 0 Å². The van der Waals surface area contributed by atoms with Crippen molar-refractivity contribution in [3.05, 3.63) is 59.7 Å². The molecule has 0 amide bonds. The fraction of sp³-hybridized carbons (Fsp3) is 0.455. The molecule has 138 valence electrons. The third-order valence-corrected chi connectivity index (χ3v) is 5.24. The first-order valence-corrected chi connectivity index (χ1v) is 9.75. The summed E-state index contributed by atoms with van der Waals surface area (Å²) < 4.78 is 11.5. The minimum atomic E-state index is 0.571. The predicted octanol–water partition coefficient (Wildman–Crippen LogP) is 3.25. The zero-order valence-corrected chi connectivity index (χ0v) is 15.3. The Balaban J connectivity index is 1.23. The minimum absolute atomic E-state index is 0.571. The van der Waals surface area contributed by atoms with Crippen LogP contribution in [0.5, 0.6) is 11.5 Å². The van der Waals surface area contributed by atoms with Gasteiger partial charge in [-0.1, -0.05) is 36.4 Å². The van der Waals surface area contributed by atoms with Crippen LogP contribution in [0.15, 0.2) is 48.5 Å². The highest BCUT2D eigenvalue weighted by Crippen LogP contribution is 2.30. The first kappa shape index (κ1) is 17.4. The average molecular weight is 352 g/mol. The van der Waals surface area contributed by atoms with Crippen molar-refractivity contribution in [1.29, 1.82) is 0 Å². The van der Waals surface area contributed by atoms with Gasteiger partial charge >= 0.3 is 0 Å². The summed E-state index contributed by atoms with van der Waals surface area (Å²) in [5.74, 6) is 1.76. The van der Waals surface area contributed by atoms with Gasteiger partial charge in [0.15, 0.2) is 11.5 Å². The van der Waals surface area contributed by atoms with E-state index in [2.05, 4.69) is 52.7 Å². The molecule has 2 aliphatic heterocycles. The number of rotatable bonds is 6.